The monoisotopic (exact) mass is 993 g/mol. The molecule has 16 nitrogen and oxygen atoms in total. The topological polar surface area (TPSA) is 205 Å². The van der Waals surface area contributed by atoms with Crippen LogP contribution in [0.25, 0.3) is 0 Å². The first-order valence-electron chi connectivity index (χ1n) is 24.6. The summed E-state index contributed by atoms with van der Waals surface area (Å²) in [5.74, 6) is 2.66. The van der Waals surface area contributed by atoms with Crippen LogP contribution in [0.15, 0.2) is 158 Å². The molecule has 74 heavy (non-hydrogen) atoms. The number of carbonyl (C=O) groups is 5. The van der Waals surface area contributed by atoms with Gasteiger partial charge in [0, 0.05) is 30.0 Å². The fourth-order valence-electron chi connectivity index (χ4n) is 11.0. The highest BCUT2D eigenvalue weighted by Gasteiger charge is 2.75. The number of anilines is 3. The molecule has 1 spiro atoms. The number of primary amides is 1. The predicted octanol–water partition coefficient (Wildman–Crippen LogP) is 6.69. The van der Waals surface area contributed by atoms with Gasteiger partial charge in [-0.05, 0) is 89.3 Å². The number of fused-ring (bicyclic) bond motifs is 3. The summed E-state index contributed by atoms with van der Waals surface area (Å²) in [7, 11) is 0. The van der Waals surface area contributed by atoms with Crippen LogP contribution in [0.3, 0.4) is 0 Å². The summed E-state index contributed by atoms with van der Waals surface area (Å²) in [4.78, 5) is 80.5. The molecule has 6 N–H and O–H groups in total. The quantitative estimate of drug-likeness (QED) is 0.0646. The van der Waals surface area contributed by atoms with Crippen molar-refractivity contribution in [1.29, 1.82) is 0 Å². The van der Waals surface area contributed by atoms with E-state index in [4.69, 9.17) is 19.9 Å². The Balaban J connectivity index is 1.22. The van der Waals surface area contributed by atoms with Gasteiger partial charge >= 0.3 is 18.0 Å². The Morgan fingerprint density at radius 2 is 1.47 bits per heavy atom. The first kappa shape index (κ1) is 49.1. The molecule has 4 aliphatic heterocycles. The summed E-state index contributed by atoms with van der Waals surface area (Å²) in [5, 5.41) is 18.3. The van der Waals surface area contributed by atoms with Crippen molar-refractivity contribution < 1.29 is 43.3 Å². The van der Waals surface area contributed by atoms with Gasteiger partial charge in [0.2, 0.25) is 11.8 Å². The number of nitrogens with one attached hydrogen (secondary N) is 3. The number of hydrogen-bond donors (Lipinski definition) is 5. The minimum absolute atomic E-state index is 0.0212. The zero-order valence-electron chi connectivity index (χ0n) is 40.6. The molecule has 6 amide bonds. The van der Waals surface area contributed by atoms with E-state index in [0.717, 1.165) is 21.7 Å². The summed E-state index contributed by atoms with van der Waals surface area (Å²) < 4.78 is 18.1. The number of amides is 6. The molecule has 4 aliphatic rings. The fraction of sp³-hybridized carbons (Fsp3) is 0.259. The number of ether oxygens (including phenoxy) is 3. The van der Waals surface area contributed by atoms with Crippen molar-refractivity contribution in [3.05, 3.63) is 191 Å². The second-order valence-corrected chi connectivity index (χ2v) is 18.5. The second kappa shape index (κ2) is 21.3. The number of morpholine rings is 2. The lowest BCUT2D eigenvalue weighted by Gasteiger charge is -2.46. The van der Waals surface area contributed by atoms with Crippen molar-refractivity contribution in [3.63, 3.8) is 0 Å². The van der Waals surface area contributed by atoms with Crippen LogP contribution in [0.4, 0.5) is 26.7 Å². The van der Waals surface area contributed by atoms with E-state index in [-0.39, 0.29) is 31.0 Å². The number of imide groups is 1. The third-order valence-electron chi connectivity index (χ3n) is 14.2. The number of rotatable bonds is 12. The second-order valence-electron chi connectivity index (χ2n) is 18.5. The van der Waals surface area contributed by atoms with Crippen LogP contribution in [0.5, 0.6) is 5.75 Å². The largest absolute Gasteiger partial charge is 0.491 e. The Kier molecular flexibility index (Phi) is 14.1. The van der Waals surface area contributed by atoms with Gasteiger partial charge in [-0.15, -0.1) is 0 Å². The maximum Gasteiger partial charge on any atom is 0.329 e. The number of carbonyl (C=O) groups excluding carboxylic acids is 5. The van der Waals surface area contributed by atoms with Crippen LogP contribution in [-0.4, -0.2) is 92.0 Å². The lowest BCUT2D eigenvalue weighted by molar-refractivity contribution is -0.177. The average molecular weight is 994 g/mol. The molecular weight excluding hydrogens is 939 g/mol. The summed E-state index contributed by atoms with van der Waals surface area (Å²) >= 11 is 0. The highest BCUT2D eigenvalue weighted by Crippen LogP contribution is 2.66. The predicted molar refractivity (Wildman–Crippen MR) is 277 cm³/mol. The van der Waals surface area contributed by atoms with Gasteiger partial charge in [0.05, 0.1) is 56.1 Å². The van der Waals surface area contributed by atoms with Gasteiger partial charge in [-0.25, -0.2) is 14.5 Å². The Hall–Kier alpha value is -8.49. The molecule has 376 valence electrons. The van der Waals surface area contributed by atoms with Crippen molar-refractivity contribution in [2.45, 2.75) is 42.6 Å². The molecule has 3 fully saturated rings. The van der Waals surface area contributed by atoms with Crippen molar-refractivity contribution in [3.8, 4) is 17.6 Å². The van der Waals surface area contributed by atoms with E-state index in [1.165, 1.54) is 0 Å². The van der Waals surface area contributed by atoms with Crippen LogP contribution < -0.4 is 36.2 Å². The van der Waals surface area contributed by atoms with Gasteiger partial charge in [0.1, 0.15) is 29.9 Å². The Bertz CT molecular complexity index is 3090. The molecule has 0 bridgehead atoms. The summed E-state index contributed by atoms with van der Waals surface area (Å²) in [6.45, 7) is 4.07. The first-order chi connectivity index (χ1) is 36.1. The number of benzene rings is 6. The molecule has 0 saturated carbocycles. The molecular formula is C58H55N7O9. The van der Waals surface area contributed by atoms with Gasteiger partial charge in [-0.3, -0.25) is 19.3 Å². The van der Waals surface area contributed by atoms with Gasteiger partial charge in [0.25, 0.3) is 0 Å². The third-order valence-corrected chi connectivity index (χ3v) is 14.2. The molecule has 0 unspecified atom stereocenters. The molecule has 0 aliphatic carbocycles. The Morgan fingerprint density at radius 1 is 0.811 bits per heavy atom. The summed E-state index contributed by atoms with van der Waals surface area (Å²) in [6, 6.07) is 42.0. The van der Waals surface area contributed by atoms with Crippen LogP contribution >= 0.6 is 0 Å². The van der Waals surface area contributed by atoms with E-state index >= 15 is 19.2 Å². The van der Waals surface area contributed by atoms with E-state index < -0.39 is 71.5 Å². The van der Waals surface area contributed by atoms with Gasteiger partial charge in [0.15, 0.2) is 0 Å². The van der Waals surface area contributed by atoms with Crippen molar-refractivity contribution in [2.24, 2.45) is 11.7 Å². The summed E-state index contributed by atoms with van der Waals surface area (Å²) in [6.07, 6.45) is -0.944. The molecule has 6 aromatic rings. The zero-order chi connectivity index (χ0) is 51.3. The standard InChI is InChI=1S/C58H55N7O9/c1-37(39-13-5-2-6-14-39)61-57(71)64-47-28-19-38(12-11-29-60-56(59)70)36-46(47)58(55(64)69)48(53(67)62-43-22-24-44(25-23-43)63-30-33-72-34-31-63)50-54(68)74-51(41-17-9-4-10-18-41)49(40-15-7-3-8-16-40)65(50)52(58)42-20-26-45(27-21-42)73-35-32-66/h2-10,13-28,36-37,48-52,66H,29-35H2,1H3,(H,61,71)(H,62,67)(H3,59,60,70)/t37-,48-,49-,50-,51+,52+,58-/m1/s1. The normalized spacial score (nSPS) is 22.4. The number of hydrogen-bond acceptors (Lipinski definition) is 11. The highest BCUT2D eigenvalue weighted by molar-refractivity contribution is 6.25. The highest BCUT2D eigenvalue weighted by atomic mass is 16.6. The number of urea groups is 2. The van der Waals surface area contributed by atoms with Gasteiger partial charge in [-0.2, -0.15) is 0 Å². The lowest BCUT2D eigenvalue weighted by Crippen LogP contribution is -2.55. The fourth-order valence-corrected chi connectivity index (χ4v) is 11.0. The van der Waals surface area contributed by atoms with E-state index in [1.54, 1.807) is 54.6 Å². The number of aliphatic hydroxyl groups is 1. The SMILES string of the molecule is C[C@@H](NC(=O)N1C(=O)[C@@]2(c3cc(C#CCNC(N)=O)ccc31)[C@H](c1ccc(OCCO)cc1)N1[C@H](c3ccccc3)[C@H](c3ccccc3)OC(=O)[C@H]1[C@@H]2C(=O)Nc1ccc(N2CCOCC2)cc1)c1ccccc1. The zero-order valence-corrected chi connectivity index (χ0v) is 40.6. The number of nitrogens with two attached hydrogens (primary N) is 1. The van der Waals surface area contributed by atoms with Crippen LogP contribution in [0.2, 0.25) is 0 Å². The van der Waals surface area contributed by atoms with Crippen LogP contribution in [0.1, 0.15) is 64.5 Å². The number of nitrogens with zero attached hydrogens (tertiary/aromatic N) is 3. The minimum atomic E-state index is -2.08. The maximum absolute atomic E-state index is 16.8. The maximum atomic E-state index is 16.8. The number of aliphatic hydroxyl groups excluding tert-OH is 1. The average Bonchev–Trinajstić information content (AvgIpc) is 3.97. The molecule has 7 atom stereocenters. The molecule has 6 aromatic carbocycles. The number of esters is 1. The van der Waals surface area contributed by atoms with E-state index in [1.807, 2.05) is 115 Å². The van der Waals surface area contributed by atoms with E-state index in [0.29, 0.717) is 54.4 Å². The molecule has 16 heteroatoms. The minimum Gasteiger partial charge on any atom is -0.491 e. The van der Waals surface area contributed by atoms with Crippen LogP contribution in [0, 0.1) is 17.8 Å². The van der Waals surface area contributed by atoms with Crippen molar-refractivity contribution >= 4 is 46.9 Å². The molecule has 0 radical (unpaired) electrons. The molecule has 3 saturated heterocycles. The van der Waals surface area contributed by atoms with Crippen LogP contribution in [-0.2, 0) is 29.3 Å². The Morgan fingerprint density at radius 3 is 2.14 bits per heavy atom. The summed E-state index contributed by atoms with van der Waals surface area (Å²) in [5.41, 5.74) is 8.17. The van der Waals surface area contributed by atoms with Gasteiger partial charge < -0.3 is 45.9 Å². The molecule has 4 heterocycles. The number of cyclic esters (lactones) is 1. The lowest BCUT2D eigenvalue weighted by atomic mass is 9.65. The Labute approximate surface area is 428 Å². The van der Waals surface area contributed by atoms with Crippen molar-refractivity contribution in [1.82, 2.24) is 15.5 Å². The smallest absolute Gasteiger partial charge is 0.329 e. The van der Waals surface area contributed by atoms with Crippen molar-refractivity contribution in [2.75, 3.05) is 61.2 Å². The third kappa shape index (κ3) is 9.28. The molecule has 0 aromatic heterocycles. The van der Waals surface area contributed by atoms with E-state index in [2.05, 4.69) is 32.7 Å². The first-order valence-corrected chi connectivity index (χ1v) is 24.6. The molecule has 10 rings (SSSR count). The van der Waals surface area contributed by atoms with E-state index in [9.17, 15) is 9.90 Å². The van der Waals surface area contributed by atoms with Gasteiger partial charge in [-0.1, -0.05) is 115 Å².